The van der Waals surface area contributed by atoms with Crippen LogP contribution in [0.15, 0.2) is 5.38 Å². The van der Waals surface area contributed by atoms with Gasteiger partial charge in [0.2, 0.25) is 0 Å². The Labute approximate surface area is 70.2 Å². The molecule has 0 saturated carbocycles. The van der Waals surface area contributed by atoms with Gasteiger partial charge in [0.05, 0.1) is 5.69 Å². The molecule has 0 bridgehead atoms. The molecule has 0 amide bonds. The molecule has 2 heterocycles. The van der Waals surface area contributed by atoms with E-state index in [4.69, 9.17) is 4.74 Å². The van der Waals surface area contributed by atoms with E-state index in [9.17, 15) is 0 Å². The van der Waals surface area contributed by atoms with Gasteiger partial charge >= 0.3 is 0 Å². The van der Waals surface area contributed by atoms with Crippen LogP contribution >= 0.6 is 11.3 Å². The lowest BCUT2D eigenvalue weighted by Crippen LogP contribution is -2.11. The molecule has 1 unspecified atom stereocenters. The molecule has 2 rings (SSSR count). The quantitative estimate of drug-likeness (QED) is 0.641. The zero-order valence-corrected chi connectivity index (χ0v) is 7.06. The Morgan fingerprint density at radius 3 is 3.27 bits per heavy atom. The van der Waals surface area contributed by atoms with Gasteiger partial charge in [-0.15, -0.1) is 11.3 Å². The molecule has 0 N–H and O–H groups in total. The largest absolute Gasteiger partial charge is 0.372 e. The Morgan fingerprint density at radius 2 is 2.64 bits per heavy atom. The van der Waals surface area contributed by atoms with Gasteiger partial charge in [-0.25, -0.2) is 4.98 Å². The standard InChI is InChI=1S/C8H10NOS/c1-2-4-10-8(3-1)7-5-11-6-9-7/h5,8H,1-4H2. The number of hydrogen-bond donors (Lipinski definition) is 0. The van der Waals surface area contributed by atoms with Crippen molar-refractivity contribution in [2.75, 3.05) is 6.61 Å². The maximum atomic E-state index is 5.55. The summed E-state index contributed by atoms with van der Waals surface area (Å²) in [6, 6.07) is 0. The number of nitrogens with zero attached hydrogens (tertiary/aromatic N) is 1. The second-order valence-corrected chi connectivity index (χ2v) is 3.37. The van der Waals surface area contributed by atoms with Crippen molar-refractivity contribution in [3.8, 4) is 0 Å². The molecule has 59 valence electrons. The Morgan fingerprint density at radius 1 is 1.64 bits per heavy atom. The topological polar surface area (TPSA) is 22.1 Å². The first-order valence-electron chi connectivity index (χ1n) is 3.90. The molecule has 1 atom stereocenters. The maximum absolute atomic E-state index is 5.55. The van der Waals surface area contributed by atoms with Gasteiger partial charge in [-0.3, -0.25) is 0 Å². The third-order valence-electron chi connectivity index (χ3n) is 1.92. The molecule has 1 aliphatic heterocycles. The molecular formula is C8H10NOS. The van der Waals surface area contributed by atoms with Gasteiger partial charge in [0.15, 0.2) is 5.51 Å². The third-order valence-corrected chi connectivity index (χ3v) is 2.47. The van der Waals surface area contributed by atoms with E-state index in [0.29, 0.717) is 0 Å². The molecule has 1 aliphatic rings. The van der Waals surface area contributed by atoms with Crippen LogP contribution in [0.2, 0.25) is 0 Å². The molecule has 0 aliphatic carbocycles. The van der Waals surface area contributed by atoms with Crippen LogP contribution in [0.5, 0.6) is 0 Å². The summed E-state index contributed by atoms with van der Waals surface area (Å²) in [5, 5.41) is 2.02. The van der Waals surface area contributed by atoms with Gasteiger partial charge in [-0.05, 0) is 19.3 Å². The molecule has 0 aromatic carbocycles. The van der Waals surface area contributed by atoms with E-state index in [1.807, 2.05) is 5.38 Å². The lowest BCUT2D eigenvalue weighted by Gasteiger charge is -2.20. The summed E-state index contributed by atoms with van der Waals surface area (Å²) < 4.78 is 5.55. The predicted molar refractivity (Wildman–Crippen MR) is 43.5 cm³/mol. The summed E-state index contributed by atoms with van der Waals surface area (Å²) in [5.74, 6) is 0. The normalized spacial score (nSPS) is 25.3. The highest BCUT2D eigenvalue weighted by molar-refractivity contribution is 7.07. The number of rotatable bonds is 1. The molecule has 0 spiro atoms. The number of aromatic nitrogens is 1. The van der Waals surface area contributed by atoms with Crippen LogP contribution in [0.1, 0.15) is 31.1 Å². The first-order valence-corrected chi connectivity index (χ1v) is 4.78. The summed E-state index contributed by atoms with van der Waals surface area (Å²) in [7, 11) is 0. The van der Waals surface area contributed by atoms with Crippen LogP contribution in [0.4, 0.5) is 0 Å². The summed E-state index contributed by atoms with van der Waals surface area (Å²) >= 11 is 1.52. The molecule has 2 nitrogen and oxygen atoms in total. The first kappa shape index (κ1) is 7.25. The van der Waals surface area contributed by atoms with Crippen molar-refractivity contribution in [3.05, 3.63) is 16.6 Å². The lowest BCUT2D eigenvalue weighted by atomic mass is 10.1. The molecule has 1 radical (unpaired) electrons. The smallest absolute Gasteiger partial charge is 0.152 e. The summed E-state index contributed by atoms with van der Waals surface area (Å²) in [5.41, 5.74) is 3.90. The fourth-order valence-electron chi connectivity index (χ4n) is 1.31. The lowest BCUT2D eigenvalue weighted by molar-refractivity contribution is 0.0126. The van der Waals surface area contributed by atoms with Crippen LogP contribution in [0.3, 0.4) is 0 Å². The Kier molecular flexibility index (Phi) is 2.19. The number of ether oxygens (including phenoxy) is 1. The van der Waals surface area contributed by atoms with Crippen LogP contribution < -0.4 is 0 Å². The monoisotopic (exact) mass is 168 g/mol. The van der Waals surface area contributed by atoms with Crippen LogP contribution in [0, 0.1) is 5.51 Å². The van der Waals surface area contributed by atoms with Crippen molar-refractivity contribution in [2.24, 2.45) is 0 Å². The Balaban J connectivity index is 2.04. The highest BCUT2D eigenvalue weighted by Gasteiger charge is 2.16. The fraction of sp³-hybridized carbons (Fsp3) is 0.625. The molecule has 1 aromatic rings. The summed E-state index contributed by atoms with van der Waals surface area (Å²) in [4.78, 5) is 4.11. The Bertz CT molecular complexity index is 204. The van der Waals surface area contributed by atoms with Gasteiger partial charge in [-0.1, -0.05) is 0 Å². The fourth-order valence-corrected chi connectivity index (χ4v) is 1.85. The van der Waals surface area contributed by atoms with E-state index >= 15 is 0 Å². The van der Waals surface area contributed by atoms with Crippen molar-refractivity contribution in [1.29, 1.82) is 0 Å². The maximum Gasteiger partial charge on any atom is 0.152 e. The van der Waals surface area contributed by atoms with Gasteiger partial charge in [0.1, 0.15) is 6.10 Å². The minimum Gasteiger partial charge on any atom is -0.372 e. The van der Waals surface area contributed by atoms with Gasteiger partial charge in [-0.2, -0.15) is 0 Å². The minimum absolute atomic E-state index is 0.256. The molecule has 1 saturated heterocycles. The molecular weight excluding hydrogens is 158 g/mol. The minimum atomic E-state index is 0.256. The average molecular weight is 168 g/mol. The molecule has 11 heavy (non-hydrogen) atoms. The van der Waals surface area contributed by atoms with Crippen LogP contribution in [-0.2, 0) is 4.74 Å². The highest BCUT2D eigenvalue weighted by Crippen LogP contribution is 2.26. The first-order chi connectivity index (χ1) is 5.47. The summed E-state index contributed by atoms with van der Waals surface area (Å²) in [6.45, 7) is 0.891. The van der Waals surface area contributed by atoms with Crippen molar-refractivity contribution < 1.29 is 4.74 Å². The zero-order chi connectivity index (χ0) is 7.52. The second kappa shape index (κ2) is 3.32. The predicted octanol–water partition coefficient (Wildman–Crippen LogP) is 2.18. The number of thiazole rings is 1. The van der Waals surface area contributed by atoms with Crippen molar-refractivity contribution in [2.45, 2.75) is 25.4 Å². The van der Waals surface area contributed by atoms with Gasteiger partial charge in [0.25, 0.3) is 0 Å². The van der Waals surface area contributed by atoms with E-state index < -0.39 is 0 Å². The van der Waals surface area contributed by atoms with E-state index in [1.54, 1.807) is 0 Å². The van der Waals surface area contributed by atoms with Crippen LogP contribution in [0.25, 0.3) is 0 Å². The Hall–Kier alpha value is -0.410. The molecule has 3 heteroatoms. The van der Waals surface area contributed by atoms with Gasteiger partial charge < -0.3 is 4.74 Å². The highest BCUT2D eigenvalue weighted by atomic mass is 32.1. The molecule has 1 aromatic heterocycles. The zero-order valence-electron chi connectivity index (χ0n) is 6.25. The molecule has 1 fully saturated rings. The van der Waals surface area contributed by atoms with E-state index in [1.165, 1.54) is 24.2 Å². The number of hydrogen-bond acceptors (Lipinski definition) is 3. The third kappa shape index (κ3) is 1.60. The van der Waals surface area contributed by atoms with Crippen molar-refractivity contribution in [3.63, 3.8) is 0 Å². The van der Waals surface area contributed by atoms with Crippen LogP contribution in [-0.4, -0.2) is 11.6 Å². The van der Waals surface area contributed by atoms with E-state index in [-0.39, 0.29) is 6.10 Å². The van der Waals surface area contributed by atoms with E-state index in [0.717, 1.165) is 18.7 Å². The van der Waals surface area contributed by atoms with Crippen molar-refractivity contribution in [1.82, 2.24) is 4.98 Å². The van der Waals surface area contributed by atoms with Gasteiger partial charge in [0, 0.05) is 12.0 Å². The average Bonchev–Trinajstić information content (AvgIpc) is 2.58. The second-order valence-electron chi connectivity index (χ2n) is 2.72. The summed E-state index contributed by atoms with van der Waals surface area (Å²) in [6.07, 6.45) is 3.84. The van der Waals surface area contributed by atoms with Crippen molar-refractivity contribution >= 4 is 11.3 Å². The van der Waals surface area contributed by atoms with E-state index in [2.05, 4.69) is 10.5 Å². The SMILES string of the molecule is [c]1nc(C2CCCCO2)cs1.